The summed E-state index contributed by atoms with van der Waals surface area (Å²) in [6, 6.07) is 5.67. The minimum atomic E-state index is -0.329. The molecule has 2 aromatic rings. The van der Waals surface area contributed by atoms with Gasteiger partial charge in [-0.1, -0.05) is 6.07 Å². The lowest BCUT2D eigenvalue weighted by atomic mass is 10.1. The van der Waals surface area contributed by atoms with Gasteiger partial charge in [-0.3, -0.25) is 4.57 Å². The van der Waals surface area contributed by atoms with E-state index in [9.17, 15) is 4.79 Å². The molecule has 74 valence electrons. The topological polar surface area (TPSA) is 61.2 Å². The van der Waals surface area contributed by atoms with Crippen LogP contribution >= 0.6 is 0 Å². The number of oxazole rings is 1. The van der Waals surface area contributed by atoms with Crippen molar-refractivity contribution >= 4 is 11.1 Å². The molecule has 0 bridgehead atoms. The van der Waals surface area contributed by atoms with Gasteiger partial charge in [0, 0.05) is 7.05 Å². The van der Waals surface area contributed by atoms with Gasteiger partial charge >= 0.3 is 5.76 Å². The Kier molecular flexibility index (Phi) is 2.13. The summed E-state index contributed by atoms with van der Waals surface area (Å²) in [6.07, 6.45) is 0.815. The molecule has 4 nitrogen and oxygen atoms in total. The second-order valence-electron chi connectivity index (χ2n) is 3.27. The molecule has 2 rings (SSSR count). The highest BCUT2D eigenvalue weighted by atomic mass is 16.4. The molecule has 0 radical (unpaired) electrons. The van der Waals surface area contributed by atoms with Crippen molar-refractivity contribution in [2.24, 2.45) is 12.8 Å². The van der Waals surface area contributed by atoms with E-state index in [0.29, 0.717) is 12.1 Å². The van der Waals surface area contributed by atoms with Crippen LogP contribution in [0.2, 0.25) is 0 Å². The number of nitrogens with two attached hydrogens (primary N) is 1. The maximum absolute atomic E-state index is 11.2. The fraction of sp³-hybridized carbons (Fsp3) is 0.300. The summed E-state index contributed by atoms with van der Waals surface area (Å²) in [5.74, 6) is -0.329. The molecule has 0 spiro atoms. The highest BCUT2D eigenvalue weighted by Crippen LogP contribution is 2.14. The van der Waals surface area contributed by atoms with Gasteiger partial charge in [0.2, 0.25) is 0 Å². The van der Waals surface area contributed by atoms with Gasteiger partial charge in [-0.05, 0) is 30.7 Å². The predicted octanol–water partition coefficient (Wildman–Crippen LogP) is 0.633. The minimum absolute atomic E-state index is 0.329. The van der Waals surface area contributed by atoms with Crippen molar-refractivity contribution in [3.8, 4) is 0 Å². The van der Waals surface area contributed by atoms with Crippen molar-refractivity contribution in [3.05, 3.63) is 34.3 Å². The maximum Gasteiger partial charge on any atom is 0.419 e. The summed E-state index contributed by atoms with van der Waals surface area (Å²) < 4.78 is 6.50. The third-order valence-electron chi connectivity index (χ3n) is 2.29. The number of hydrogen-bond donors (Lipinski definition) is 1. The smallest absolute Gasteiger partial charge is 0.408 e. The Bertz CT molecular complexity index is 510. The van der Waals surface area contributed by atoms with Crippen LogP contribution in [0.25, 0.3) is 11.1 Å². The molecular formula is C10H12N2O2. The van der Waals surface area contributed by atoms with Crippen LogP contribution in [0.3, 0.4) is 0 Å². The Morgan fingerprint density at radius 1 is 1.50 bits per heavy atom. The molecule has 1 heterocycles. The second kappa shape index (κ2) is 3.31. The van der Waals surface area contributed by atoms with Gasteiger partial charge in [0.1, 0.15) is 0 Å². The molecule has 2 N–H and O–H groups in total. The number of nitrogens with zero attached hydrogens (tertiary/aromatic N) is 1. The molecule has 1 aromatic carbocycles. The van der Waals surface area contributed by atoms with Gasteiger partial charge in [0.15, 0.2) is 5.58 Å². The molecular weight excluding hydrogens is 180 g/mol. The van der Waals surface area contributed by atoms with E-state index in [1.54, 1.807) is 7.05 Å². The average Bonchev–Trinajstić information content (AvgIpc) is 2.45. The lowest BCUT2D eigenvalue weighted by molar-refractivity contribution is 0.528. The molecule has 0 fully saturated rings. The van der Waals surface area contributed by atoms with Crippen molar-refractivity contribution < 1.29 is 4.42 Å². The lowest BCUT2D eigenvalue weighted by Gasteiger charge is -1.98. The fourth-order valence-corrected chi connectivity index (χ4v) is 1.49. The first kappa shape index (κ1) is 9.02. The highest BCUT2D eigenvalue weighted by Gasteiger charge is 2.05. The fourth-order valence-electron chi connectivity index (χ4n) is 1.49. The summed E-state index contributed by atoms with van der Waals surface area (Å²) in [4.78, 5) is 11.2. The molecule has 0 amide bonds. The van der Waals surface area contributed by atoms with Gasteiger partial charge in [-0.15, -0.1) is 0 Å². The molecule has 4 heteroatoms. The molecule has 0 aliphatic heterocycles. The third-order valence-corrected chi connectivity index (χ3v) is 2.29. The van der Waals surface area contributed by atoms with Gasteiger partial charge in [-0.2, -0.15) is 0 Å². The van der Waals surface area contributed by atoms with Crippen LogP contribution in [-0.4, -0.2) is 11.1 Å². The number of rotatable bonds is 2. The summed E-state index contributed by atoms with van der Waals surface area (Å²) in [5, 5.41) is 0. The van der Waals surface area contributed by atoms with E-state index in [4.69, 9.17) is 10.2 Å². The van der Waals surface area contributed by atoms with Crippen LogP contribution < -0.4 is 11.5 Å². The summed E-state index contributed by atoms with van der Waals surface area (Å²) in [7, 11) is 1.69. The lowest BCUT2D eigenvalue weighted by Crippen LogP contribution is -2.08. The van der Waals surface area contributed by atoms with Crippen LogP contribution in [0.5, 0.6) is 0 Å². The van der Waals surface area contributed by atoms with Gasteiger partial charge < -0.3 is 10.2 Å². The maximum atomic E-state index is 11.2. The SMILES string of the molecule is Cn1c(=O)oc2ccc(CCN)cc21. The molecule has 0 saturated heterocycles. The average molecular weight is 192 g/mol. The molecule has 14 heavy (non-hydrogen) atoms. The van der Waals surface area contributed by atoms with Crippen LogP contribution in [0.4, 0.5) is 0 Å². The van der Waals surface area contributed by atoms with Crippen molar-refractivity contribution in [1.82, 2.24) is 4.57 Å². The zero-order chi connectivity index (χ0) is 10.1. The van der Waals surface area contributed by atoms with E-state index >= 15 is 0 Å². The van der Waals surface area contributed by atoms with Crippen LogP contribution in [-0.2, 0) is 13.5 Å². The Morgan fingerprint density at radius 2 is 2.29 bits per heavy atom. The molecule has 1 aromatic heterocycles. The highest BCUT2D eigenvalue weighted by molar-refractivity contribution is 5.73. The largest absolute Gasteiger partial charge is 0.419 e. The monoisotopic (exact) mass is 192 g/mol. The Balaban J connectivity index is 2.63. The Hall–Kier alpha value is -1.55. The first-order valence-corrected chi connectivity index (χ1v) is 4.51. The van der Waals surface area contributed by atoms with E-state index in [1.165, 1.54) is 4.57 Å². The molecule has 0 aliphatic rings. The number of aryl methyl sites for hydroxylation is 1. The summed E-state index contributed by atoms with van der Waals surface area (Å²) in [6.45, 7) is 0.608. The van der Waals surface area contributed by atoms with Crippen LogP contribution in [0.15, 0.2) is 27.4 Å². The van der Waals surface area contributed by atoms with Crippen molar-refractivity contribution in [2.45, 2.75) is 6.42 Å². The van der Waals surface area contributed by atoms with Gasteiger partial charge in [0.25, 0.3) is 0 Å². The van der Waals surface area contributed by atoms with E-state index in [-0.39, 0.29) is 5.76 Å². The Labute approximate surface area is 80.9 Å². The zero-order valence-corrected chi connectivity index (χ0v) is 7.99. The number of hydrogen-bond acceptors (Lipinski definition) is 3. The molecule has 0 aliphatic carbocycles. The number of fused-ring (bicyclic) bond motifs is 1. The van der Waals surface area contributed by atoms with Crippen molar-refractivity contribution in [1.29, 1.82) is 0 Å². The van der Waals surface area contributed by atoms with E-state index in [2.05, 4.69) is 0 Å². The van der Waals surface area contributed by atoms with Gasteiger partial charge in [0.05, 0.1) is 5.52 Å². The Morgan fingerprint density at radius 3 is 3.00 bits per heavy atom. The first-order valence-electron chi connectivity index (χ1n) is 4.51. The molecule has 0 atom stereocenters. The third kappa shape index (κ3) is 1.33. The normalized spacial score (nSPS) is 11.0. The number of aromatic nitrogens is 1. The molecule has 0 saturated carbocycles. The van der Waals surface area contributed by atoms with E-state index in [1.807, 2.05) is 18.2 Å². The van der Waals surface area contributed by atoms with Crippen molar-refractivity contribution in [2.75, 3.05) is 6.54 Å². The number of benzene rings is 1. The summed E-state index contributed by atoms with van der Waals surface area (Å²) in [5.41, 5.74) is 8.02. The standard InChI is InChI=1S/C10H12N2O2/c1-12-8-6-7(4-5-11)2-3-9(8)14-10(12)13/h2-3,6H,4-5,11H2,1H3. The van der Waals surface area contributed by atoms with E-state index < -0.39 is 0 Å². The summed E-state index contributed by atoms with van der Waals surface area (Å²) >= 11 is 0. The van der Waals surface area contributed by atoms with E-state index in [0.717, 1.165) is 17.5 Å². The van der Waals surface area contributed by atoms with Crippen LogP contribution in [0.1, 0.15) is 5.56 Å². The quantitative estimate of drug-likeness (QED) is 0.759. The predicted molar refractivity (Wildman–Crippen MR) is 54.2 cm³/mol. The van der Waals surface area contributed by atoms with Gasteiger partial charge in [-0.25, -0.2) is 4.79 Å². The molecule has 0 unspecified atom stereocenters. The zero-order valence-electron chi connectivity index (χ0n) is 7.99. The van der Waals surface area contributed by atoms with Crippen molar-refractivity contribution in [3.63, 3.8) is 0 Å². The first-order chi connectivity index (χ1) is 6.72. The second-order valence-corrected chi connectivity index (χ2v) is 3.27. The van der Waals surface area contributed by atoms with Crippen LogP contribution in [0, 0.1) is 0 Å². The minimum Gasteiger partial charge on any atom is -0.408 e.